The molecule has 0 saturated heterocycles. The first-order chi connectivity index (χ1) is 6.36. The molecular weight excluding hydrogens is 167 g/mol. The Morgan fingerprint density at radius 1 is 1.31 bits per heavy atom. The third-order valence-electron chi connectivity index (χ3n) is 1.65. The van der Waals surface area contributed by atoms with E-state index in [2.05, 4.69) is 5.32 Å². The van der Waals surface area contributed by atoms with Gasteiger partial charge in [-0.15, -0.1) is 0 Å². The maximum absolute atomic E-state index is 11.7. The van der Waals surface area contributed by atoms with Gasteiger partial charge in [-0.25, -0.2) is 0 Å². The van der Waals surface area contributed by atoms with Crippen molar-refractivity contribution in [1.82, 2.24) is 0 Å². The fraction of sp³-hybridized carbons (Fsp3) is 0.300. The lowest BCUT2D eigenvalue weighted by Crippen LogP contribution is -2.01. The van der Waals surface area contributed by atoms with E-state index in [-0.39, 0.29) is 6.67 Å². The van der Waals surface area contributed by atoms with Crippen LogP contribution in [-0.2, 0) is 0 Å². The fourth-order valence-corrected chi connectivity index (χ4v) is 0.962. The molecule has 3 heteroatoms. The Morgan fingerprint density at radius 3 is 2.54 bits per heavy atom. The minimum Gasteiger partial charge on any atom is -0.385 e. The van der Waals surface area contributed by atoms with Gasteiger partial charge in [0.05, 0.1) is 18.3 Å². The van der Waals surface area contributed by atoms with E-state index in [1.807, 2.05) is 18.2 Å². The zero-order valence-corrected chi connectivity index (χ0v) is 7.26. The first-order valence-corrected chi connectivity index (χ1v) is 4.17. The van der Waals surface area contributed by atoms with Gasteiger partial charge in [-0.3, -0.25) is 4.39 Å². The van der Waals surface area contributed by atoms with Crippen LogP contribution in [0, 0.1) is 11.3 Å². The summed E-state index contributed by atoms with van der Waals surface area (Å²) >= 11 is 0. The van der Waals surface area contributed by atoms with Crippen molar-refractivity contribution in [3.8, 4) is 6.07 Å². The van der Waals surface area contributed by atoms with Crippen molar-refractivity contribution in [3.05, 3.63) is 29.8 Å². The summed E-state index contributed by atoms with van der Waals surface area (Å²) in [6.07, 6.45) is 0.514. The largest absolute Gasteiger partial charge is 0.385 e. The Hall–Kier alpha value is -1.56. The van der Waals surface area contributed by atoms with Gasteiger partial charge in [0.1, 0.15) is 0 Å². The van der Waals surface area contributed by atoms with E-state index in [0.29, 0.717) is 18.5 Å². The minimum absolute atomic E-state index is 0.302. The number of rotatable bonds is 4. The zero-order chi connectivity index (χ0) is 9.52. The molecule has 2 nitrogen and oxygen atoms in total. The number of hydrogen-bond donors (Lipinski definition) is 1. The Labute approximate surface area is 77.0 Å². The van der Waals surface area contributed by atoms with Crippen LogP contribution in [0.25, 0.3) is 0 Å². The van der Waals surface area contributed by atoms with Crippen LogP contribution in [0.3, 0.4) is 0 Å². The summed E-state index contributed by atoms with van der Waals surface area (Å²) in [6.45, 7) is 0.325. The Bertz CT molecular complexity index is 287. The Kier molecular flexibility index (Phi) is 3.77. The Balaban J connectivity index is 2.46. The quantitative estimate of drug-likeness (QED) is 0.718. The van der Waals surface area contributed by atoms with Crippen molar-refractivity contribution in [2.45, 2.75) is 6.42 Å². The molecule has 0 aliphatic carbocycles. The van der Waals surface area contributed by atoms with E-state index >= 15 is 0 Å². The van der Waals surface area contributed by atoms with E-state index < -0.39 is 0 Å². The average molecular weight is 178 g/mol. The predicted octanol–water partition coefficient (Wildman–Crippen LogP) is 2.33. The molecule has 68 valence electrons. The van der Waals surface area contributed by atoms with Crippen LogP contribution in [0.4, 0.5) is 10.1 Å². The minimum atomic E-state index is -0.302. The number of anilines is 1. The highest BCUT2D eigenvalue weighted by Gasteiger charge is 1.92. The standard InChI is InChI=1S/C10H11FN2/c11-6-1-7-13-10-4-2-9(8-12)3-5-10/h2-5,13H,1,6-7H2. The molecule has 0 spiro atoms. The lowest BCUT2D eigenvalue weighted by Gasteiger charge is -2.03. The summed E-state index contributed by atoms with van der Waals surface area (Å²) in [5.74, 6) is 0. The molecule has 1 N–H and O–H groups in total. The summed E-state index contributed by atoms with van der Waals surface area (Å²) < 4.78 is 11.7. The first kappa shape index (κ1) is 9.53. The monoisotopic (exact) mass is 178 g/mol. The number of nitrogens with zero attached hydrogens (tertiary/aromatic N) is 1. The summed E-state index contributed by atoms with van der Waals surface area (Å²) in [6, 6.07) is 9.13. The molecule has 0 saturated carbocycles. The second-order valence-electron chi connectivity index (χ2n) is 2.66. The van der Waals surface area contributed by atoms with Gasteiger partial charge >= 0.3 is 0 Å². The number of alkyl halides is 1. The highest BCUT2D eigenvalue weighted by atomic mass is 19.1. The summed E-state index contributed by atoms with van der Waals surface area (Å²) in [5.41, 5.74) is 1.56. The molecule has 1 aromatic carbocycles. The number of hydrogen-bond acceptors (Lipinski definition) is 2. The molecule has 0 aliphatic heterocycles. The van der Waals surface area contributed by atoms with Crippen LogP contribution < -0.4 is 5.32 Å². The number of nitrogens with one attached hydrogen (secondary N) is 1. The van der Waals surface area contributed by atoms with Crippen molar-refractivity contribution in [2.24, 2.45) is 0 Å². The molecule has 0 heterocycles. The molecule has 1 aromatic rings. The molecule has 0 aliphatic rings. The predicted molar refractivity (Wildman–Crippen MR) is 50.2 cm³/mol. The SMILES string of the molecule is N#Cc1ccc(NCCCF)cc1. The van der Waals surface area contributed by atoms with Gasteiger partial charge in [0.2, 0.25) is 0 Å². The van der Waals surface area contributed by atoms with Gasteiger partial charge in [0.15, 0.2) is 0 Å². The van der Waals surface area contributed by atoms with E-state index in [1.54, 1.807) is 12.1 Å². The van der Waals surface area contributed by atoms with Gasteiger partial charge in [-0.2, -0.15) is 5.26 Å². The molecule has 0 amide bonds. The van der Waals surface area contributed by atoms with E-state index in [1.165, 1.54) is 0 Å². The molecular formula is C10H11FN2. The highest BCUT2D eigenvalue weighted by Crippen LogP contribution is 2.08. The summed E-state index contributed by atoms with van der Waals surface area (Å²) in [4.78, 5) is 0. The molecule has 0 atom stereocenters. The lowest BCUT2D eigenvalue weighted by molar-refractivity contribution is 0.481. The molecule has 0 bridgehead atoms. The van der Waals surface area contributed by atoms with Gasteiger partial charge < -0.3 is 5.32 Å². The van der Waals surface area contributed by atoms with Crippen LogP contribution in [-0.4, -0.2) is 13.2 Å². The van der Waals surface area contributed by atoms with E-state index in [9.17, 15) is 4.39 Å². The highest BCUT2D eigenvalue weighted by molar-refractivity contribution is 5.46. The van der Waals surface area contributed by atoms with Crippen molar-refractivity contribution in [2.75, 3.05) is 18.5 Å². The molecule has 0 unspecified atom stereocenters. The third kappa shape index (κ3) is 3.12. The van der Waals surface area contributed by atoms with Crippen LogP contribution in [0.2, 0.25) is 0 Å². The third-order valence-corrected chi connectivity index (χ3v) is 1.65. The molecule has 13 heavy (non-hydrogen) atoms. The van der Waals surface area contributed by atoms with Crippen LogP contribution in [0.1, 0.15) is 12.0 Å². The van der Waals surface area contributed by atoms with Crippen LogP contribution in [0.15, 0.2) is 24.3 Å². The van der Waals surface area contributed by atoms with Crippen LogP contribution >= 0.6 is 0 Å². The first-order valence-electron chi connectivity index (χ1n) is 4.17. The molecule has 0 fully saturated rings. The lowest BCUT2D eigenvalue weighted by atomic mass is 10.2. The Morgan fingerprint density at radius 2 is 2.00 bits per heavy atom. The van der Waals surface area contributed by atoms with E-state index in [4.69, 9.17) is 5.26 Å². The van der Waals surface area contributed by atoms with Gasteiger partial charge in [-0.05, 0) is 30.7 Å². The molecule has 0 radical (unpaired) electrons. The fourth-order valence-electron chi connectivity index (χ4n) is 0.962. The van der Waals surface area contributed by atoms with Gasteiger partial charge in [0, 0.05) is 12.2 Å². The van der Waals surface area contributed by atoms with E-state index in [0.717, 1.165) is 5.69 Å². The summed E-state index contributed by atoms with van der Waals surface area (Å²) in [5, 5.41) is 11.6. The topological polar surface area (TPSA) is 35.8 Å². The second-order valence-corrected chi connectivity index (χ2v) is 2.66. The van der Waals surface area contributed by atoms with Crippen molar-refractivity contribution < 1.29 is 4.39 Å². The maximum Gasteiger partial charge on any atom is 0.0991 e. The van der Waals surface area contributed by atoms with Gasteiger partial charge in [-0.1, -0.05) is 0 Å². The smallest absolute Gasteiger partial charge is 0.0991 e. The number of halogens is 1. The van der Waals surface area contributed by atoms with Crippen LogP contribution in [0.5, 0.6) is 0 Å². The summed E-state index contributed by atoms with van der Waals surface area (Å²) in [7, 11) is 0. The molecule has 0 aromatic heterocycles. The van der Waals surface area contributed by atoms with Crippen molar-refractivity contribution in [1.29, 1.82) is 5.26 Å². The average Bonchev–Trinajstić information content (AvgIpc) is 2.19. The number of nitriles is 1. The van der Waals surface area contributed by atoms with Crippen molar-refractivity contribution in [3.63, 3.8) is 0 Å². The van der Waals surface area contributed by atoms with Crippen molar-refractivity contribution >= 4 is 5.69 Å². The van der Waals surface area contributed by atoms with Gasteiger partial charge in [0.25, 0.3) is 0 Å². The zero-order valence-electron chi connectivity index (χ0n) is 7.26. The molecule has 1 rings (SSSR count). The maximum atomic E-state index is 11.7. The number of benzene rings is 1. The normalized spacial score (nSPS) is 9.23. The second kappa shape index (κ2) is 5.15.